The average Bonchev–Trinajstić information content (AvgIpc) is 2.78. The molecule has 3 N–H and O–H groups in total. The summed E-state index contributed by atoms with van der Waals surface area (Å²) in [5, 5.41) is 3.23. The van der Waals surface area contributed by atoms with E-state index >= 15 is 0 Å². The van der Waals surface area contributed by atoms with Gasteiger partial charge in [0.2, 0.25) is 0 Å². The third kappa shape index (κ3) is 5.69. The van der Waals surface area contributed by atoms with Crippen LogP contribution in [0.5, 0.6) is 5.75 Å². The van der Waals surface area contributed by atoms with Crippen molar-refractivity contribution in [3.05, 3.63) is 89.0 Å². The number of alkyl halides is 3. The molecular weight excluding hydrogens is 413 g/mol. The monoisotopic (exact) mass is 442 g/mol. The van der Waals surface area contributed by atoms with E-state index in [9.17, 15) is 13.2 Å². The van der Waals surface area contributed by atoms with Gasteiger partial charge in [-0.2, -0.15) is 13.2 Å². The number of rotatable bonds is 8. The van der Waals surface area contributed by atoms with Gasteiger partial charge in [-0.3, -0.25) is 0 Å². The van der Waals surface area contributed by atoms with Gasteiger partial charge in [0.1, 0.15) is 5.75 Å². The molecule has 0 fully saturated rings. The molecule has 3 aromatic carbocycles. The Balaban J connectivity index is 1.94. The van der Waals surface area contributed by atoms with E-state index in [0.717, 1.165) is 22.8 Å². The molecule has 0 aliphatic heterocycles. The van der Waals surface area contributed by atoms with Crippen molar-refractivity contribution in [1.29, 1.82) is 0 Å². The van der Waals surface area contributed by atoms with Crippen LogP contribution in [0.25, 0.3) is 11.1 Å². The zero-order valence-corrected chi connectivity index (χ0v) is 18.5. The fraction of sp³-hybridized carbons (Fsp3) is 0.308. The molecule has 0 bridgehead atoms. The summed E-state index contributed by atoms with van der Waals surface area (Å²) in [6, 6.07) is 19.0. The van der Waals surface area contributed by atoms with Crippen LogP contribution in [-0.2, 0) is 12.7 Å². The van der Waals surface area contributed by atoms with Gasteiger partial charge < -0.3 is 15.8 Å². The zero-order valence-electron chi connectivity index (χ0n) is 18.5. The quantitative estimate of drug-likeness (QED) is 0.431. The summed E-state index contributed by atoms with van der Waals surface area (Å²) < 4.78 is 45.8. The Morgan fingerprint density at radius 3 is 2.25 bits per heavy atom. The van der Waals surface area contributed by atoms with Crippen LogP contribution in [0.2, 0.25) is 0 Å². The summed E-state index contributed by atoms with van der Waals surface area (Å²) in [7, 11) is 1.56. The summed E-state index contributed by atoms with van der Waals surface area (Å²) in [5.41, 5.74) is 9.65. The number of nitrogens with two attached hydrogens (primary N) is 1. The minimum atomic E-state index is -4.42. The third-order valence-corrected chi connectivity index (χ3v) is 5.52. The molecule has 0 saturated heterocycles. The van der Waals surface area contributed by atoms with Crippen molar-refractivity contribution in [2.75, 3.05) is 13.7 Å². The van der Waals surface area contributed by atoms with E-state index in [1.54, 1.807) is 7.11 Å². The van der Waals surface area contributed by atoms with Crippen molar-refractivity contribution in [3.8, 4) is 16.9 Å². The molecule has 0 aromatic heterocycles. The number of ether oxygens (including phenoxy) is 1. The van der Waals surface area contributed by atoms with Crippen molar-refractivity contribution >= 4 is 0 Å². The van der Waals surface area contributed by atoms with Crippen LogP contribution in [0.4, 0.5) is 13.2 Å². The first-order valence-corrected chi connectivity index (χ1v) is 10.6. The lowest BCUT2D eigenvalue weighted by molar-refractivity contribution is -0.137. The van der Waals surface area contributed by atoms with Gasteiger partial charge in [0, 0.05) is 24.7 Å². The molecule has 1 unspecified atom stereocenters. The van der Waals surface area contributed by atoms with Crippen LogP contribution in [0.15, 0.2) is 66.7 Å². The first-order chi connectivity index (χ1) is 15.2. The number of benzene rings is 3. The van der Waals surface area contributed by atoms with Gasteiger partial charge >= 0.3 is 6.18 Å². The minimum Gasteiger partial charge on any atom is -0.496 e. The number of hydrogen-bond donors (Lipinski definition) is 2. The van der Waals surface area contributed by atoms with E-state index in [1.165, 1.54) is 12.1 Å². The number of methoxy groups -OCH3 is 1. The zero-order chi connectivity index (χ0) is 23.3. The minimum absolute atomic E-state index is 0.245. The fourth-order valence-corrected chi connectivity index (χ4v) is 3.65. The standard InChI is InChI=1S/C26H29F3N2O/c1-17(2)19-9-12-25(32-3)23(14-19)22-11-10-21(26(27,28)29)13-20(22)15-31-16-24(30)18-7-5-4-6-8-18/h4-14,17,24,31H,15-16,30H2,1-3H3. The van der Waals surface area contributed by atoms with E-state index in [0.29, 0.717) is 23.4 Å². The van der Waals surface area contributed by atoms with Crippen molar-refractivity contribution in [1.82, 2.24) is 5.32 Å². The van der Waals surface area contributed by atoms with Crippen LogP contribution in [0, 0.1) is 0 Å². The Bertz CT molecular complexity index is 1030. The van der Waals surface area contributed by atoms with Crippen molar-refractivity contribution in [3.63, 3.8) is 0 Å². The fourth-order valence-electron chi connectivity index (χ4n) is 3.65. The number of hydrogen-bond acceptors (Lipinski definition) is 3. The van der Waals surface area contributed by atoms with Crippen LogP contribution in [0.3, 0.4) is 0 Å². The SMILES string of the molecule is COc1ccc(C(C)C)cc1-c1ccc(C(F)(F)F)cc1CNCC(N)c1ccccc1. The van der Waals surface area contributed by atoms with Crippen LogP contribution >= 0.6 is 0 Å². The highest BCUT2D eigenvalue weighted by Gasteiger charge is 2.31. The van der Waals surface area contributed by atoms with Gasteiger partial charge in [0.15, 0.2) is 0 Å². The van der Waals surface area contributed by atoms with Crippen LogP contribution in [0.1, 0.15) is 48.1 Å². The highest BCUT2D eigenvalue weighted by molar-refractivity contribution is 5.74. The molecule has 3 nitrogen and oxygen atoms in total. The van der Waals surface area contributed by atoms with Gasteiger partial charge in [0.25, 0.3) is 0 Å². The molecule has 32 heavy (non-hydrogen) atoms. The third-order valence-electron chi connectivity index (χ3n) is 5.52. The highest BCUT2D eigenvalue weighted by atomic mass is 19.4. The lowest BCUT2D eigenvalue weighted by atomic mass is 9.92. The maximum Gasteiger partial charge on any atom is 0.416 e. The maximum absolute atomic E-state index is 13.4. The first-order valence-electron chi connectivity index (χ1n) is 10.6. The van der Waals surface area contributed by atoms with Crippen molar-refractivity contribution in [2.45, 2.75) is 38.5 Å². The Morgan fingerprint density at radius 2 is 1.62 bits per heavy atom. The molecule has 3 aromatic rings. The van der Waals surface area contributed by atoms with Gasteiger partial charge in [0.05, 0.1) is 12.7 Å². The molecule has 0 aliphatic rings. The average molecular weight is 443 g/mol. The lowest BCUT2D eigenvalue weighted by Crippen LogP contribution is -2.27. The Morgan fingerprint density at radius 1 is 0.906 bits per heavy atom. The molecule has 0 heterocycles. The largest absolute Gasteiger partial charge is 0.496 e. The maximum atomic E-state index is 13.4. The van der Waals surface area contributed by atoms with Crippen molar-refractivity contribution < 1.29 is 17.9 Å². The second kappa shape index (κ2) is 10.2. The molecule has 6 heteroatoms. The predicted molar refractivity (Wildman–Crippen MR) is 123 cm³/mol. The van der Waals surface area contributed by atoms with Crippen LogP contribution in [-0.4, -0.2) is 13.7 Å². The summed E-state index contributed by atoms with van der Waals surface area (Å²) in [4.78, 5) is 0. The molecule has 0 spiro atoms. The molecule has 0 radical (unpaired) electrons. The smallest absolute Gasteiger partial charge is 0.416 e. The second-order valence-electron chi connectivity index (χ2n) is 8.13. The van der Waals surface area contributed by atoms with E-state index in [4.69, 9.17) is 10.5 Å². The summed E-state index contributed by atoms with van der Waals surface area (Å²) >= 11 is 0. The molecular formula is C26H29F3N2O. The van der Waals surface area contributed by atoms with Crippen molar-refractivity contribution in [2.24, 2.45) is 5.73 Å². The Labute approximate surface area is 187 Å². The normalized spacial score (nSPS) is 12.8. The molecule has 0 saturated carbocycles. The summed E-state index contributed by atoms with van der Waals surface area (Å²) in [6.07, 6.45) is -4.42. The second-order valence-corrected chi connectivity index (χ2v) is 8.13. The topological polar surface area (TPSA) is 47.3 Å². The number of halogens is 3. The number of nitrogens with one attached hydrogen (secondary N) is 1. The van der Waals surface area contributed by atoms with Gasteiger partial charge in [-0.1, -0.05) is 56.3 Å². The van der Waals surface area contributed by atoms with E-state index < -0.39 is 11.7 Å². The van der Waals surface area contributed by atoms with Gasteiger partial charge in [-0.15, -0.1) is 0 Å². The van der Waals surface area contributed by atoms with E-state index in [1.807, 2.05) is 48.5 Å². The Kier molecular flexibility index (Phi) is 7.59. The lowest BCUT2D eigenvalue weighted by Gasteiger charge is -2.19. The van der Waals surface area contributed by atoms with Gasteiger partial charge in [-0.05, 0) is 52.4 Å². The van der Waals surface area contributed by atoms with E-state index in [2.05, 4.69) is 19.2 Å². The molecule has 3 rings (SSSR count). The van der Waals surface area contributed by atoms with Crippen LogP contribution < -0.4 is 15.8 Å². The molecule has 1 atom stereocenters. The molecule has 0 amide bonds. The van der Waals surface area contributed by atoms with Gasteiger partial charge in [-0.25, -0.2) is 0 Å². The summed E-state index contributed by atoms with van der Waals surface area (Å²) in [5.74, 6) is 0.899. The highest BCUT2D eigenvalue weighted by Crippen LogP contribution is 2.38. The predicted octanol–water partition coefficient (Wildman–Crippen LogP) is 6.29. The molecule has 170 valence electrons. The van der Waals surface area contributed by atoms with E-state index in [-0.39, 0.29) is 18.5 Å². The first kappa shape index (κ1) is 23.8. The Hall–Kier alpha value is -2.83. The summed E-state index contributed by atoms with van der Waals surface area (Å²) in [6.45, 7) is 4.83. The molecule has 0 aliphatic carbocycles.